The van der Waals surface area contributed by atoms with Crippen LogP contribution in [0.1, 0.15) is 19.3 Å². The third kappa shape index (κ3) is 2.21. The van der Waals surface area contributed by atoms with Crippen LogP contribution in [0.2, 0.25) is 0 Å². The molecule has 0 unspecified atom stereocenters. The highest BCUT2D eigenvalue weighted by molar-refractivity contribution is 5.85. The lowest BCUT2D eigenvalue weighted by molar-refractivity contribution is 0.662. The van der Waals surface area contributed by atoms with Crippen LogP contribution in [0.25, 0.3) is 0 Å². The SMILES string of the molecule is Cl.N#C[C@@H]1CC[C@H](N)C1. The highest BCUT2D eigenvalue weighted by Crippen LogP contribution is 2.22. The Kier molecular flexibility index (Phi) is 3.60. The molecular formula is C6H11ClN2. The van der Waals surface area contributed by atoms with Crippen LogP contribution in [0.15, 0.2) is 0 Å². The van der Waals surface area contributed by atoms with Crippen LogP contribution in [0, 0.1) is 17.2 Å². The average Bonchev–Trinajstić information content (AvgIpc) is 2.14. The maximum Gasteiger partial charge on any atom is 0.0656 e. The number of rotatable bonds is 0. The molecule has 9 heavy (non-hydrogen) atoms. The summed E-state index contributed by atoms with van der Waals surface area (Å²) < 4.78 is 0. The van der Waals surface area contributed by atoms with Gasteiger partial charge in [0.1, 0.15) is 0 Å². The van der Waals surface area contributed by atoms with Gasteiger partial charge in [0.2, 0.25) is 0 Å². The molecule has 0 aromatic heterocycles. The minimum atomic E-state index is 0. The van der Waals surface area contributed by atoms with Crippen LogP contribution >= 0.6 is 12.4 Å². The second-order valence-corrected chi connectivity index (χ2v) is 2.40. The summed E-state index contributed by atoms with van der Waals surface area (Å²) in [6.07, 6.45) is 2.96. The fraction of sp³-hybridized carbons (Fsp3) is 0.833. The molecule has 1 fully saturated rings. The quantitative estimate of drug-likeness (QED) is 0.556. The number of halogens is 1. The van der Waals surface area contributed by atoms with Gasteiger partial charge in [-0.2, -0.15) is 5.26 Å². The number of hydrogen-bond donors (Lipinski definition) is 1. The second kappa shape index (κ2) is 3.71. The summed E-state index contributed by atoms with van der Waals surface area (Å²) in [6.45, 7) is 0. The maximum absolute atomic E-state index is 8.38. The molecule has 0 aromatic rings. The monoisotopic (exact) mass is 146 g/mol. The van der Waals surface area contributed by atoms with E-state index < -0.39 is 0 Å². The van der Waals surface area contributed by atoms with Gasteiger partial charge in [0.15, 0.2) is 0 Å². The van der Waals surface area contributed by atoms with Crippen LogP contribution in [0.4, 0.5) is 0 Å². The fourth-order valence-corrected chi connectivity index (χ4v) is 1.13. The predicted molar refractivity (Wildman–Crippen MR) is 38.2 cm³/mol. The normalized spacial score (nSPS) is 32.9. The van der Waals surface area contributed by atoms with Gasteiger partial charge < -0.3 is 5.73 Å². The number of nitriles is 1. The molecule has 0 aromatic carbocycles. The Hall–Kier alpha value is -0.260. The Morgan fingerprint density at radius 1 is 1.44 bits per heavy atom. The Morgan fingerprint density at radius 3 is 2.33 bits per heavy atom. The van der Waals surface area contributed by atoms with Gasteiger partial charge in [-0.3, -0.25) is 0 Å². The zero-order valence-corrected chi connectivity index (χ0v) is 6.03. The van der Waals surface area contributed by atoms with E-state index in [0.717, 1.165) is 19.3 Å². The molecule has 2 N–H and O–H groups in total. The maximum atomic E-state index is 8.38. The topological polar surface area (TPSA) is 49.8 Å². The van der Waals surface area contributed by atoms with E-state index in [1.54, 1.807) is 0 Å². The molecule has 52 valence electrons. The first-order valence-corrected chi connectivity index (χ1v) is 2.98. The Labute approximate surface area is 61.4 Å². The van der Waals surface area contributed by atoms with Crippen LogP contribution in [-0.4, -0.2) is 6.04 Å². The standard InChI is InChI=1S/C6H10N2.ClH/c7-4-5-1-2-6(8)3-5;/h5-6H,1-3,8H2;1H/t5-,6+;/m1./s1. The third-order valence-electron chi connectivity index (χ3n) is 1.66. The molecule has 0 aliphatic heterocycles. The van der Waals surface area contributed by atoms with Crippen molar-refractivity contribution in [3.8, 4) is 6.07 Å². The lowest BCUT2D eigenvalue weighted by Gasteiger charge is -1.95. The van der Waals surface area contributed by atoms with Crippen molar-refractivity contribution in [2.75, 3.05) is 0 Å². The number of nitrogens with two attached hydrogens (primary N) is 1. The van der Waals surface area contributed by atoms with Crippen LogP contribution < -0.4 is 5.73 Å². The van der Waals surface area contributed by atoms with Gasteiger partial charge in [-0.05, 0) is 19.3 Å². The van der Waals surface area contributed by atoms with Crippen molar-refractivity contribution in [3.63, 3.8) is 0 Å². The van der Waals surface area contributed by atoms with Crippen molar-refractivity contribution in [1.82, 2.24) is 0 Å². The molecule has 3 heteroatoms. The van der Waals surface area contributed by atoms with Crippen molar-refractivity contribution in [1.29, 1.82) is 5.26 Å². The molecule has 0 heterocycles. The fourth-order valence-electron chi connectivity index (χ4n) is 1.13. The van der Waals surface area contributed by atoms with E-state index in [0.29, 0.717) is 6.04 Å². The molecule has 0 saturated heterocycles. The molecule has 2 nitrogen and oxygen atoms in total. The minimum Gasteiger partial charge on any atom is -0.328 e. The number of nitrogens with zero attached hydrogens (tertiary/aromatic N) is 1. The Bertz CT molecular complexity index is 119. The summed E-state index contributed by atoms with van der Waals surface area (Å²) in [6, 6.07) is 2.52. The Morgan fingerprint density at radius 2 is 2.11 bits per heavy atom. The predicted octanol–water partition coefficient (Wildman–Crippen LogP) is 1.06. The van der Waals surface area contributed by atoms with Gasteiger partial charge in [-0.25, -0.2) is 0 Å². The summed E-state index contributed by atoms with van der Waals surface area (Å²) >= 11 is 0. The summed E-state index contributed by atoms with van der Waals surface area (Å²) in [4.78, 5) is 0. The van der Waals surface area contributed by atoms with Crippen molar-refractivity contribution >= 4 is 12.4 Å². The molecule has 2 atom stereocenters. The first-order chi connectivity index (χ1) is 3.83. The molecular weight excluding hydrogens is 136 g/mol. The zero-order chi connectivity index (χ0) is 5.98. The summed E-state index contributed by atoms with van der Waals surface area (Å²) in [7, 11) is 0. The van der Waals surface area contributed by atoms with E-state index in [1.807, 2.05) is 0 Å². The van der Waals surface area contributed by atoms with E-state index in [2.05, 4.69) is 6.07 Å². The van der Waals surface area contributed by atoms with Gasteiger partial charge >= 0.3 is 0 Å². The van der Waals surface area contributed by atoms with E-state index in [1.165, 1.54) is 0 Å². The van der Waals surface area contributed by atoms with Crippen molar-refractivity contribution in [2.24, 2.45) is 11.7 Å². The molecule has 0 amide bonds. The smallest absolute Gasteiger partial charge is 0.0656 e. The van der Waals surface area contributed by atoms with Crippen LogP contribution in [-0.2, 0) is 0 Å². The lowest BCUT2D eigenvalue weighted by Crippen LogP contribution is -2.14. The third-order valence-corrected chi connectivity index (χ3v) is 1.66. The van der Waals surface area contributed by atoms with Crippen LogP contribution in [0.5, 0.6) is 0 Å². The Balaban J connectivity index is 0.000000640. The molecule has 0 bridgehead atoms. The molecule has 0 spiro atoms. The van der Waals surface area contributed by atoms with Crippen molar-refractivity contribution in [2.45, 2.75) is 25.3 Å². The molecule has 1 aliphatic rings. The van der Waals surface area contributed by atoms with Crippen LogP contribution in [0.3, 0.4) is 0 Å². The first-order valence-electron chi connectivity index (χ1n) is 2.98. The lowest BCUT2D eigenvalue weighted by atomic mass is 10.1. The first kappa shape index (κ1) is 8.74. The average molecular weight is 147 g/mol. The summed E-state index contributed by atoms with van der Waals surface area (Å²) in [5.74, 6) is 0.255. The van der Waals surface area contributed by atoms with Gasteiger partial charge in [-0.1, -0.05) is 0 Å². The molecule has 1 rings (SSSR count). The highest BCUT2D eigenvalue weighted by Gasteiger charge is 2.20. The van der Waals surface area contributed by atoms with E-state index in [9.17, 15) is 0 Å². The van der Waals surface area contributed by atoms with Gasteiger partial charge in [0.25, 0.3) is 0 Å². The van der Waals surface area contributed by atoms with E-state index >= 15 is 0 Å². The van der Waals surface area contributed by atoms with E-state index in [-0.39, 0.29) is 18.3 Å². The van der Waals surface area contributed by atoms with Crippen molar-refractivity contribution < 1.29 is 0 Å². The van der Waals surface area contributed by atoms with Gasteiger partial charge in [0.05, 0.1) is 6.07 Å². The van der Waals surface area contributed by atoms with Crippen molar-refractivity contribution in [3.05, 3.63) is 0 Å². The van der Waals surface area contributed by atoms with Gasteiger partial charge in [-0.15, -0.1) is 12.4 Å². The summed E-state index contributed by atoms with van der Waals surface area (Å²) in [5.41, 5.74) is 5.55. The molecule has 1 aliphatic carbocycles. The molecule has 0 radical (unpaired) electrons. The largest absolute Gasteiger partial charge is 0.328 e. The second-order valence-electron chi connectivity index (χ2n) is 2.40. The summed E-state index contributed by atoms with van der Waals surface area (Å²) in [5, 5.41) is 8.38. The zero-order valence-electron chi connectivity index (χ0n) is 5.21. The highest BCUT2D eigenvalue weighted by atomic mass is 35.5. The van der Waals surface area contributed by atoms with E-state index in [4.69, 9.17) is 11.0 Å². The minimum absolute atomic E-state index is 0. The van der Waals surface area contributed by atoms with Gasteiger partial charge in [0, 0.05) is 12.0 Å². The molecule has 1 saturated carbocycles. The number of hydrogen-bond acceptors (Lipinski definition) is 2.